The molecular weight excluding hydrogens is 395 g/mol. The molecule has 0 amide bonds. The number of hydrogen-bond acceptors (Lipinski definition) is 2. The van der Waals surface area contributed by atoms with Crippen molar-refractivity contribution in [1.82, 2.24) is 0 Å². The van der Waals surface area contributed by atoms with Gasteiger partial charge in [-0.1, -0.05) is 28.1 Å². The largest absolute Gasteiger partial charge is 0.389 e. The minimum Gasteiger partial charge on any atom is -0.389 e. The molecule has 3 N–H and O–H groups in total. The number of thiocarbonyl (C=S) groups is 1. The summed E-state index contributed by atoms with van der Waals surface area (Å²) in [5, 5.41) is 3.16. The summed E-state index contributed by atoms with van der Waals surface area (Å²) in [7, 11) is 0. The first-order valence-corrected chi connectivity index (χ1v) is 7.28. The molecule has 0 aliphatic carbocycles. The summed E-state index contributed by atoms with van der Waals surface area (Å²) in [4.78, 5) is 0.296. The highest BCUT2D eigenvalue weighted by Crippen LogP contribution is 2.27. The van der Waals surface area contributed by atoms with Crippen LogP contribution in [0.25, 0.3) is 0 Å². The van der Waals surface area contributed by atoms with E-state index in [1.54, 1.807) is 12.1 Å². The van der Waals surface area contributed by atoms with Gasteiger partial charge in [0, 0.05) is 21.4 Å². The lowest BCUT2D eigenvalue weighted by Gasteiger charge is -2.12. The zero-order chi connectivity index (χ0) is 14.0. The second kappa shape index (κ2) is 5.98. The van der Waals surface area contributed by atoms with E-state index in [2.05, 4.69) is 37.2 Å². The molecule has 0 saturated carbocycles. The molecule has 0 fully saturated rings. The molecular formula is C13H9Br2FN2S. The van der Waals surface area contributed by atoms with E-state index in [1.807, 2.05) is 18.2 Å². The lowest BCUT2D eigenvalue weighted by atomic mass is 10.1. The van der Waals surface area contributed by atoms with Gasteiger partial charge in [-0.05, 0) is 52.3 Å². The lowest BCUT2D eigenvalue weighted by Crippen LogP contribution is -2.12. The molecule has 2 aromatic rings. The lowest BCUT2D eigenvalue weighted by molar-refractivity contribution is 0.621. The minimum absolute atomic E-state index is 0.296. The molecule has 0 spiro atoms. The zero-order valence-electron chi connectivity index (χ0n) is 9.58. The van der Waals surface area contributed by atoms with Gasteiger partial charge in [-0.15, -0.1) is 0 Å². The summed E-state index contributed by atoms with van der Waals surface area (Å²) in [5.41, 5.74) is 7.94. The molecule has 0 atom stereocenters. The molecule has 0 aromatic heterocycles. The van der Waals surface area contributed by atoms with Gasteiger partial charge >= 0.3 is 0 Å². The van der Waals surface area contributed by atoms with Gasteiger partial charge in [0.2, 0.25) is 0 Å². The average Bonchev–Trinajstić information content (AvgIpc) is 2.36. The summed E-state index contributed by atoms with van der Waals surface area (Å²) >= 11 is 11.5. The van der Waals surface area contributed by atoms with Crippen LogP contribution in [-0.4, -0.2) is 4.99 Å². The molecule has 2 rings (SSSR count). The molecule has 98 valence electrons. The highest BCUT2D eigenvalue weighted by atomic mass is 79.9. The van der Waals surface area contributed by atoms with Crippen molar-refractivity contribution in [3.8, 4) is 0 Å². The van der Waals surface area contributed by atoms with Crippen molar-refractivity contribution in [2.45, 2.75) is 0 Å². The molecule has 0 aliphatic rings. The maximum absolute atomic E-state index is 13.2. The second-order valence-corrected chi connectivity index (χ2v) is 6.02. The first-order chi connectivity index (χ1) is 8.97. The van der Waals surface area contributed by atoms with Gasteiger partial charge in [-0.25, -0.2) is 4.39 Å². The molecule has 0 saturated heterocycles. The Balaban J connectivity index is 2.37. The Bertz CT molecular complexity index is 647. The van der Waals surface area contributed by atoms with Crippen molar-refractivity contribution in [2.24, 2.45) is 5.73 Å². The van der Waals surface area contributed by atoms with E-state index in [0.29, 0.717) is 9.46 Å². The van der Waals surface area contributed by atoms with Crippen molar-refractivity contribution in [3.05, 3.63) is 56.7 Å². The minimum atomic E-state index is -0.309. The van der Waals surface area contributed by atoms with Gasteiger partial charge in [0.05, 0.1) is 4.47 Å². The summed E-state index contributed by atoms with van der Waals surface area (Å²) < 4.78 is 14.5. The number of halogens is 3. The van der Waals surface area contributed by atoms with Crippen LogP contribution in [0.1, 0.15) is 5.56 Å². The van der Waals surface area contributed by atoms with Crippen molar-refractivity contribution in [2.75, 3.05) is 5.32 Å². The van der Waals surface area contributed by atoms with Crippen LogP contribution in [0.3, 0.4) is 0 Å². The van der Waals surface area contributed by atoms with E-state index in [0.717, 1.165) is 21.4 Å². The molecule has 19 heavy (non-hydrogen) atoms. The number of anilines is 2. The fraction of sp³-hybridized carbons (Fsp3) is 0. The van der Waals surface area contributed by atoms with Crippen molar-refractivity contribution in [3.63, 3.8) is 0 Å². The summed E-state index contributed by atoms with van der Waals surface area (Å²) in [5.74, 6) is -0.309. The molecule has 2 nitrogen and oxygen atoms in total. The fourth-order valence-electron chi connectivity index (χ4n) is 1.56. The maximum Gasteiger partial charge on any atom is 0.137 e. The third-order valence-corrected chi connectivity index (χ3v) is 3.77. The highest BCUT2D eigenvalue weighted by Gasteiger charge is 2.07. The number of nitrogens with one attached hydrogen (secondary N) is 1. The Morgan fingerprint density at radius 2 is 1.89 bits per heavy atom. The normalized spacial score (nSPS) is 10.3. The monoisotopic (exact) mass is 402 g/mol. The first kappa shape index (κ1) is 14.4. The molecule has 0 aliphatic heterocycles. The van der Waals surface area contributed by atoms with Crippen LogP contribution in [-0.2, 0) is 0 Å². The van der Waals surface area contributed by atoms with E-state index in [1.165, 1.54) is 6.07 Å². The molecule has 0 bridgehead atoms. The van der Waals surface area contributed by atoms with Crippen LogP contribution in [0.2, 0.25) is 0 Å². The predicted molar refractivity (Wildman–Crippen MR) is 87.4 cm³/mol. The van der Waals surface area contributed by atoms with Crippen LogP contribution in [0.15, 0.2) is 45.3 Å². The topological polar surface area (TPSA) is 38.0 Å². The van der Waals surface area contributed by atoms with Gasteiger partial charge in [0.15, 0.2) is 0 Å². The Labute approximate surface area is 132 Å². The Morgan fingerprint density at radius 1 is 1.16 bits per heavy atom. The Morgan fingerprint density at radius 3 is 2.53 bits per heavy atom. The summed E-state index contributed by atoms with van der Waals surface area (Å²) in [6, 6.07) is 10.2. The maximum atomic E-state index is 13.2. The van der Waals surface area contributed by atoms with Gasteiger partial charge in [-0.2, -0.15) is 0 Å². The van der Waals surface area contributed by atoms with Gasteiger partial charge in [0.1, 0.15) is 10.8 Å². The van der Waals surface area contributed by atoms with Crippen LogP contribution in [0.5, 0.6) is 0 Å². The van der Waals surface area contributed by atoms with Crippen molar-refractivity contribution in [1.29, 1.82) is 0 Å². The SMILES string of the molecule is NC(=S)c1cc(Br)ccc1Nc1ccc(F)c(Br)c1. The smallest absolute Gasteiger partial charge is 0.137 e. The first-order valence-electron chi connectivity index (χ1n) is 5.29. The number of hydrogen-bond donors (Lipinski definition) is 2. The van der Waals surface area contributed by atoms with E-state index in [9.17, 15) is 4.39 Å². The van der Waals surface area contributed by atoms with E-state index >= 15 is 0 Å². The van der Waals surface area contributed by atoms with E-state index < -0.39 is 0 Å². The Kier molecular flexibility index (Phi) is 4.54. The highest BCUT2D eigenvalue weighted by molar-refractivity contribution is 9.10. The van der Waals surface area contributed by atoms with Gasteiger partial charge < -0.3 is 11.1 Å². The Hall–Kier alpha value is -0.980. The molecule has 0 unspecified atom stereocenters. The third kappa shape index (κ3) is 3.52. The van der Waals surface area contributed by atoms with Gasteiger partial charge in [-0.3, -0.25) is 0 Å². The van der Waals surface area contributed by atoms with Crippen molar-refractivity contribution >= 4 is 60.4 Å². The van der Waals surface area contributed by atoms with Crippen LogP contribution < -0.4 is 11.1 Å². The zero-order valence-corrected chi connectivity index (χ0v) is 13.6. The standard InChI is InChI=1S/C13H9Br2FN2S/c14-7-1-4-12(9(5-7)13(17)19)18-8-2-3-11(16)10(15)6-8/h1-6,18H,(H2,17,19). The predicted octanol–water partition coefficient (Wildman–Crippen LogP) is 4.73. The fourth-order valence-corrected chi connectivity index (χ4v) is 2.47. The van der Waals surface area contributed by atoms with Crippen LogP contribution >= 0.6 is 44.1 Å². The summed E-state index contributed by atoms with van der Waals surface area (Å²) in [6.07, 6.45) is 0. The van der Waals surface area contributed by atoms with Crippen LogP contribution in [0, 0.1) is 5.82 Å². The average molecular weight is 404 g/mol. The van der Waals surface area contributed by atoms with Crippen LogP contribution in [0.4, 0.5) is 15.8 Å². The molecule has 6 heteroatoms. The third-order valence-electron chi connectivity index (χ3n) is 2.45. The van der Waals surface area contributed by atoms with Gasteiger partial charge in [0.25, 0.3) is 0 Å². The summed E-state index contributed by atoms with van der Waals surface area (Å²) in [6.45, 7) is 0. The van der Waals surface area contributed by atoms with E-state index in [4.69, 9.17) is 18.0 Å². The quantitative estimate of drug-likeness (QED) is 0.727. The number of rotatable bonds is 3. The van der Waals surface area contributed by atoms with E-state index in [-0.39, 0.29) is 5.82 Å². The molecule has 0 radical (unpaired) electrons. The molecule has 0 heterocycles. The number of nitrogens with two attached hydrogens (primary N) is 1. The number of benzene rings is 2. The molecule has 2 aromatic carbocycles. The van der Waals surface area contributed by atoms with Crippen molar-refractivity contribution < 1.29 is 4.39 Å². The second-order valence-electron chi connectivity index (χ2n) is 3.81.